The molecule has 39 heavy (non-hydrogen) atoms. The van der Waals surface area contributed by atoms with Crippen LogP contribution in [0.1, 0.15) is 42.5 Å². The highest BCUT2D eigenvalue weighted by Gasteiger charge is 2.33. The number of nitrogens with zero attached hydrogens (tertiary/aromatic N) is 2. The monoisotopic (exact) mass is 549 g/mol. The normalized spacial score (nSPS) is 12.0. The highest BCUT2D eigenvalue weighted by Crippen LogP contribution is 2.28. The van der Waals surface area contributed by atoms with Gasteiger partial charge < -0.3 is 10.2 Å². The standard InChI is InChI=1S/C31H39N3O4S/c1-6-28(31(36)32-7-2)33(20-19-26-11-9-8-10-12-26)30(35)22-34(29-18-15-24(4)21-25(29)5)39(37,38)27-16-13-23(3)14-17-27/h8-18,21,28H,6-7,19-20,22H2,1-5H3,(H,32,36). The van der Waals surface area contributed by atoms with E-state index in [1.165, 1.54) is 9.21 Å². The molecule has 1 N–H and O–H groups in total. The van der Waals surface area contributed by atoms with Gasteiger partial charge in [-0.15, -0.1) is 0 Å². The molecule has 0 fully saturated rings. The Labute approximate surface area is 232 Å². The maximum Gasteiger partial charge on any atom is 0.264 e. The van der Waals surface area contributed by atoms with Crippen LogP contribution in [0.3, 0.4) is 0 Å². The Bertz CT molecular complexity index is 1370. The van der Waals surface area contributed by atoms with E-state index in [1.807, 2.05) is 77.1 Å². The summed E-state index contributed by atoms with van der Waals surface area (Å²) in [5.41, 5.74) is 4.12. The van der Waals surface area contributed by atoms with Gasteiger partial charge in [0.05, 0.1) is 10.6 Å². The van der Waals surface area contributed by atoms with Crippen LogP contribution >= 0.6 is 0 Å². The Balaban J connectivity index is 2.04. The molecule has 208 valence electrons. The average Bonchev–Trinajstić information content (AvgIpc) is 2.90. The number of sulfonamides is 1. The number of rotatable bonds is 12. The fourth-order valence-electron chi connectivity index (χ4n) is 4.62. The number of hydrogen-bond acceptors (Lipinski definition) is 4. The van der Waals surface area contributed by atoms with Crippen LogP contribution < -0.4 is 9.62 Å². The molecule has 8 heteroatoms. The number of amides is 2. The molecule has 0 spiro atoms. The molecular formula is C31H39N3O4S. The minimum Gasteiger partial charge on any atom is -0.355 e. The van der Waals surface area contributed by atoms with E-state index in [4.69, 9.17) is 0 Å². The van der Waals surface area contributed by atoms with Crippen molar-refractivity contribution in [1.29, 1.82) is 0 Å². The zero-order chi connectivity index (χ0) is 28.6. The third-order valence-electron chi connectivity index (χ3n) is 6.73. The molecule has 0 heterocycles. The lowest BCUT2D eigenvalue weighted by molar-refractivity contribution is -0.139. The van der Waals surface area contributed by atoms with E-state index < -0.39 is 28.5 Å². The Morgan fingerprint density at radius 3 is 2.10 bits per heavy atom. The van der Waals surface area contributed by atoms with Gasteiger partial charge in [-0.05, 0) is 69.9 Å². The van der Waals surface area contributed by atoms with Crippen molar-refractivity contribution >= 4 is 27.5 Å². The summed E-state index contributed by atoms with van der Waals surface area (Å²) in [4.78, 5) is 28.6. The van der Waals surface area contributed by atoms with E-state index in [-0.39, 0.29) is 17.3 Å². The summed E-state index contributed by atoms with van der Waals surface area (Å²) in [5, 5.41) is 2.83. The second-order valence-corrected chi connectivity index (χ2v) is 11.6. The molecule has 0 saturated carbocycles. The van der Waals surface area contributed by atoms with Crippen molar-refractivity contribution < 1.29 is 18.0 Å². The number of carbonyl (C=O) groups excluding carboxylic acids is 2. The first-order chi connectivity index (χ1) is 18.6. The maximum absolute atomic E-state index is 14.0. The van der Waals surface area contributed by atoms with Crippen LogP contribution in [0.15, 0.2) is 77.7 Å². The second-order valence-electron chi connectivity index (χ2n) is 9.76. The summed E-state index contributed by atoms with van der Waals surface area (Å²) in [6.45, 7) is 9.63. The summed E-state index contributed by atoms with van der Waals surface area (Å²) in [6, 6.07) is 21.1. The molecule has 3 aromatic carbocycles. The first-order valence-corrected chi connectivity index (χ1v) is 14.8. The number of hydrogen-bond donors (Lipinski definition) is 1. The lowest BCUT2D eigenvalue weighted by Crippen LogP contribution is -2.53. The number of aryl methyl sites for hydroxylation is 3. The molecule has 2 amide bonds. The summed E-state index contributed by atoms with van der Waals surface area (Å²) < 4.78 is 29.1. The van der Waals surface area contributed by atoms with Gasteiger partial charge in [0.1, 0.15) is 12.6 Å². The fourth-order valence-corrected chi connectivity index (χ4v) is 6.10. The zero-order valence-corrected chi connectivity index (χ0v) is 24.3. The average molecular weight is 550 g/mol. The lowest BCUT2D eigenvalue weighted by Gasteiger charge is -2.33. The fraction of sp³-hybridized carbons (Fsp3) is 0.355. The van der Waals surface area contributed by atoms with Crippen LogP contribution in [0.2, 0.25) is 0 Å². The number of carbonyl (C=O) groups is 2. The molecule has 0 aliphatic rings. The highest BCUT2D eigenvalue weighted by atomic mass is 32.2. The molecule has 1 atom stereocenters. The van der Waals surface area contributed by atoms with Gasteiger partial charge in [0, 0.05) is 13.1 Å². The van der Waals surface area contributed by atoms with Crippen molar-refractivity contribution in [3.05, 3.63) is 95.1 Å². The van der Waals surface area contributed by atoms with E-state index in [0.29, 0.717) is 25.1 Å². The highest BCUT2D eigenvalue weighted by molar-refractivity contribution is 7.92. The summed E-state index contributed by atoms with van der Waals surface area (Å²) in [6.07, 6.45) is 0.942. The van der Waals surface area contributed by atoms with Gasteiger partial charge in [0.15, 0.2) is 0 Å². The summed E-state index contributed by atoms with van der Waals surface area (Å²) >= 11 is 0. The minimum atomic E-state index is -4.08. The van der Waals surface area contributed by atoms with Crippen molar-refractivity contribution in [1.82, 2.24) is 10.2 Å². The van der Waals surface area contributed by atoms with Crippen LogP contribution in [-0.4, -0.2) is 50.8 Å². The van der Waals surface area contributed by atoms with Crippen molar-refractivity contribution in [3.8, 4) is 0 Å². The molecule has 7 nitrogen and oxygen atoms in total. The van der Waals surface area contributed by atoms with Crippen molar-refractivity contribution in [2.75, 3.05) is 23.9 Å². The Kier molecular flexibility index (Phi) is 10.3. The first-order valence-electron chi connectivity index (χ1n) is 13.4. The molecule has 0 aliphatic heterocycles. The van der Waals surface area contributed by atoms with Gasteiger partial charge in [-0.2, -0.15) is 0 Å². The topological polar surface area (TPSA) is 86.8 Å². The molecule has 0 radical (unpaired) electrons. The van der Waals surface area contributed by atoms with Crippen LogP contribution in [0.5, 0.6) is 0 Å². The summed E-state index contributed by atoms with van der Waals surface area (Å²) in [7, 11) is -4.08. The smallest absolute Gasteiger partial charge is 0.264 e. The molecule has 1 unspecified atom stereocenters. The summed E-state index contributed by atoms with van der Waals surface area (Å²) in [5.74, 6) is -0.680. The van der Waals surface area contributed by atoms with E-state index in [9.17, 15) is 18.0 Å². The first kappa shape index (κ1) is 29.9. The molecule has 0 bridgehead atoms. The Hall–Kier alpha value is -3.65. The molecule has 3 aromatic rings. The van der Waals surface area contributed by atoms with Crippen molar-refractivity contribution in [2.24, 2.45) is 0 Å². The molecule has 0 aromatic heterocycles. The zero-order valence-electron chi connectivity index (χ0n) is 23.5. The minimum absolute atomic E-state index is 0.104. The van der Waals surface area contributed by atoms with Crippen LogP contribution in [0.4, 0.5) is 5.69 Å². The van der Waals surface area contributed by atoms with Gasteiger partial charge in [-0.25, -0.2) is 8.42 Å². The molecule has 0 aliphatic carbocycles. The number of likely N-dealkylation sites (N-methyl/N-ethyl adjacent to an activating group) is 1. The Morgan fingerprint density at radius 2 is 1.51 bits per heavy atom. The Morgan fingerprint density at radius 1 is 0.872 bits per heavy atom. The lowest BCUT2D eigenvalue weighted by atomic mass is 10.1. The van der Waals surface area contributed by atoms with E-state index in [1.54, 1.807) is 30.3 Å². The third kappa shape index (κ3) is 7.47. The van der Waals surface area contributed by atoms with E-state index in [0.717, 1.165) is 22.3 Å². The molecule has 0 saturated heterocycles. The predicted molar refractivity (Wildman–Crippen MR) is 156 cm³/mol. The number of nitrogens with one attached hydrogen (secondary N) is 1. The maximum atomic E-state index is 14.0. The van der Waals surface area contributed by atoms with Gasteiger partial charge in [-0.3, -0.25) is 13.9 Å². The molecular weight excluding hydrogens is 510 g/mol. The largest absolute Gasteiger partial charge is 0.355 e. The van der Waals surface area contributed by atoms with Crippen molar-refractivity contribution in [3.63, 3.8) is 0 Å². The van der Waals surface area contributed by atoms with Crippen LogP contribution in [0, 0.1) is 20.8 Å². The van der Waals surface area contributed by atoms with Crippen LogP contribution in [0.25, 0.3) is 0 Å². The number of anilines is 1. The third-order valence-corrected chi connectivity index (χ3v) is 8.50. The predicted octanol–water partition coefficient (Wildman–Crippen LogP) is 4.79. The van der Waals surface area contributed by atoms with Gasteiger partial charge in [0.2, 0.25) is 11.8 Å². The van der Waals surface area contributed by atoms with Crippen molar-refractivity contribution in [2.45, 2.75) is 58.4 Å². The number of benzene rings is 3. The van der Waals surface area contributed by atoms with E-state index >= 15 is 0 Å². The van der Waals surface area contributed by atoms with Gasteiger partial charge >= 0.3 is 0 Å². The van der Waals surface area contributed by atoms with Crippen LogP contribution in [-0.2, 0) is 26.0 Å². The quantitative estimate of drug-likeness (QED) is 0.352. The van der Waals surface area contributed by atoms with Gasteiger partial charge in [-0.1, -0.05) is 72.6 Å². The second kappa shape index (κ2) is 13.4. The molecule has 3 rings (SSSR count). The SMILES string of the molecule is CCNC(=O)C(CC)N(CCc1ccccc1)C(=O)CN(c1ccc(C)cc1C)S(=O)(=O)c1ccc(C)cc1. The van der Waals surface area contributed by atoms with E-state index in [2.05, 4.69) is 5.32 Å². The van der Waals surface area contributed by atoms with Gasteiger partial charge in [0.25, 0.3) is 10.0 Å².